The predicted octanol–water partition coefficient (Wildman–Crippen LogP) is 3.86. The maximum Gasteiger partial charge on any atom is 0.330 e. The molecule has 0 aliphatic carbocycles. The van der Waals surface area contributed by atoms with Gasteiger partial charge in [-0.2, -0.15) is 4.98 Å². The molecule has 6 nitrogen and oxygen atoms in total. The molecule has 0 bridgehead atoms. The molecule has 0 spiro atoms. The molecule has 26 heavy (non-hydrogen) atoms. The van der Waals surface area contributed by atoms with Crippen LogP contribution >= 0.6 is 0 Å². The first kappa shape index (κ1) is 16.1. The van der Waals surface area contributed by atoms with Crippen molar-refractivity contribution in [1.29, 1.82) is 0 Å². The van der Waals surface area contributed by atoms with Gasteiger partial charge in [0.2, 0.25) is 5.88 Å². The summed E-state index contributed by atoms with van der Waals surface area (Å²) < 4.78 is 5.83. The van der Waals surface area contributed by atoms with E-state index in [1.165, 1.54) is 0 Å². The number of carbonyl (C=O) groups is 2. The number of ether oxygens (including phenoxy) is 1. The molecule has 1 atom stereocenters. The number of benzene rings is 2. The minimum absolute atomic E-state index is 0.252. The maximum atomic E-state index is 12.3. The molecule has 1 aliphatic heterocycles. The molecule has 2 heterocycles. The van der Waals surface area contributed by atoms with E-state index in [-0.39, 0.29) is 11.7 Å². The van der Waals surface area contributed by atoms with Crippen molar-refractivity contribution in [3.05, 3.63) is 60.7 Å². The Kier molecular flexibility index (Phi) is 4.01. The molecular weight excluding hydrogens is 330 g/mol. The summed E-state index contributed by atoms with van der Waals surface area (Å²) in [7, 11) is 0. The Morgan fingerprint density at radius 2 is 1.85 bits per heavy atom. The molecule has 0 unspecified atom stereocenters. The van der Waals surface area contributed by atoms with Gasteiger partial charge in [-0.3, -0.25) is 4.79 Å². The van der Waals surface area contributed by atoms with E-state index in [4.69, 9.17) is 4.74 Å². The SMILES string of the molecule is CC[C@H]1NC(=O)N(c2cccc(Oc3ccc4ccccc4c3)n2)C1=O. The Morgan fingerprint density at radius 1 is 1.04 bits per heavy atom. The van der Waals surface area contributed by atoms with Gasteiger partial charge in [0.25, 0.3) is 5.91 Å². The molecule has 130 valence electrons. The monoisotopic (exact) mass is 347 g/mol. The van der Waals surface area contributed by atoms with Crippen molar-refractivity contribution in [2.75, 3.05) is 4.90 Å². The number of aromatic nitrogens is 1. The van der Waals surface area contributed by atoms with Crippen LogP contribution in [0.1, 0.15) is 13.3 Å². The number of nitrogens with zero attached hydrogens (tertiary/aromatic N) is 2. The highest BCUT2D eigenvalue weighted by atomic mass is 16.5. The number of hydrogen-bond donors (Lipinski definition) is 1. The lowest BCUT2D eigenvalue weighted by atomic mass is 10.1. The van der Waals surface area contributed by atoms with Crippen LogP contribution in [0.4, 0.5) is 10.6 Å². The molecule has 6 heteroatoms. The number of nitrogens with one attached hydrogen (secondary N) is 1. The highest BCUT2D eigenvalue weighted by Crippen LogP contribution is 2.27. The number of hydrogen-bond acceptors (Lipinski definition) is 4. The maximum absolute atomic E-state index is 12.3. The fourth-order valence-corrected chi connectivity index (χ4v) is 2.96. The van der Waals surface area contributed by atoms with Crippen molar-refractivity contribution in [3.63, 3.8) is 0 Å². The Morgan fingerprint density at radius 3 is 2.62 bits per heavy atom. The fourth-order valence-electron chi connectivity index (χ4n) is 2.96. The zero-order valence-electron chi connectivity index (χ0n) is 14.2. The van der Waals surface area contributed by atoms with E-state index in [9.17, 15) is 9.59 Å². The third-order valence-corrected chi connectivity index (χ3v) is 4.31. The van der Waals surface area contributed by atoms with Gasteiger partial charge in [0.1, 0.15) is 17.6 Å². The van der Waals surface area contributed by atoms with Gasteiger partial charge in [-0.15, -0.1) is 0 Å². The predicted molar refractivity (Wildman–Crippen MR) is 98.4 cm³/mol. The van der Waals surface area contributed by atoms with Gasteiger partial charge in [-0.25, -0.2) is 9.69 Å². The third kappa shape index (κ3) is 2.86. The number of pyridine rings is 1. The van der Waals surface area contributed by atoms with E-state index in [1.54, 1.807) is 18.2 Å². The molecule has 0 saturated carbocycles. The van der Waals surface area contributed by atoms with Crippen LogP contribution in [0.15, 0.2) is 60.7 Å². The molecule has 1 aromatic heterocycles. The average Bonchev–Trinajstić information content (AvgIpc) is 2.95. The van der Waals surface area contributed by atoms with E-state index in [0.717, 1.165) is 15.7 Å². The first-order valence-electron chi connectivity index (χ1n) is 8.44. The second-order valence-electron chi connectivity index (χ2n) is 6.03. The molecule has 1 N–H and O–H groups in total. The molecule has 3 aromatic rings. The summed E-state index contributed by atoms with van der Waals surface area (Å²) in [6, 6.07) is 17.8. The van der Waals surface area contributed by atoms with Crippen molar-refractivity contribution in [2.45, 2.75) is 19.4 Å². The molecule has 0 radical (unpaired) electrons. The second-order valence-corrected chi connectivity index (χ2v) is 6.03. The van der Waals surface area contributed by atoms with Crippen molar-refractivity contribution in [3.8, 4) is 11.6 Å². The third-order valence-electron chi connectivity index (χ3n) is 4.31. The van der Waals surface area contributed by atoms with E-state index in [1.807, 2.05) is 49.4 Å². The Balaban J connectivity index is 1.61. The zero-order chi connectivity index (χ0) is 18.1. The van der Waals surface area contributed by atoms with E-state index >= 15 is 0 Å². The highest BCUT2D eigenvalue weighted by molar-refractivity contribution is 6.20. The van der Waals surface area contributed by atoms with Gasteiger partial charge in [0, 0.05) is 6.07 Å². The Labute approximate surface area is 150 Å². The van der Waals surface area contributed by atoms with Crippen LogP contribution in [0, 0.1) is 0 Å². The van der Waals surface area contributed by atoms with Gasteiger partial charge in [-0.05, 0) is 35.4 Å². The van der Waals surface area contributed by atoms with E-state index in [2.05, 4.69) is 10.3 Å². The van der Waals surface area contributed by atoms with Crippen molar-refractivity contribution in [1.82, 2.24) is 10.3 Å². The number of fused-ring (bicyclic) bond motifs is 1. The zero-order valence-corrected chi connectivity index (χ0v) is 14.2. The minimum Gasteiger partial charge on any atom is -0.439 e. The largest absolute Gasteiger partial charge is 0.439 e. The van der Waals surface area contributed by atoms with Gasteiger partial charge >= 0.3 is 6.03 Å². The fraction of sp³-hybridized carbons (Fsp3) is 0.150. The number of anilines is 1. The molecule has 1 saturated heterocycles. The standard InChI is InChI=1S/C20H17N3O3/c1-2-16-19(24)23(20(25)21-16)17-8-5-9-18(22-17)26-15-11-10-13-6-3-4-7-14(13)12-15/h3-12,16H,2H2,1H3,(H,21,25)/t16-/m1/s1. The van der Waals surface area contributed by atoms with Gasteiger partial charge in [-0.1, -0.05) is 43.3 Å². The smallest absolute Gasteiger partial charge is 0.330 e. The summed E-state index contributed by atoms with van der Waals surface area (Å²) in [6.07, 6.45) is 0.536. The molecule has 4 rings (SSSR count). The summed E-state index contributed by atoms with van der Waals surface area (Å²) >= 11 is 0. The highest BCUT2D eigenvalue weighted by Gasteiger charge is 2.38. The van der Waals surface area contributed by atoms with Gasteiger partial charge < -0.3 is 10.1 Å². The number of imide groups is 1. The van der Waals surface area contributed by atoms with Crippen LogP contribution < -0.4 is 15.0 Å². The molecule has 1 aliphatic rings. The number of urea groups is 1. The number of amides is 3. The summed E-state index contributed by atoms with van der Waals surface area (Å²) in [5.74, 6) is 0.907. The van der Waals surface area contributed by atoms with Crippen LogP contribution in [-0.2, 0) is 4.79 Å². The van der Waals surface area contributed by atoms with Gasteiger partial charge in [0.05, 0.1) is 0 Å². The normalized spacial score (nSPS) is 16.8. The molecular formula is C20H17N3O3. The average molecular weight is 347 g/mol. The van der Waals surface area contributed by atoms with Crippen molar-refractivity contribution >= 4 is 28.5 Å². The van der Waals surface area contributed by atoms with Crippen LogP contribution in [-0.4, -0.2) is 23.0 Å². The first-order chi connectivity index (χ1) is 12.7. The summed E-state index contributed by atoms with van der Waals surface area (Å²) in [5, 5.41) is 4.82. The quantitative estimate of drug-likeness (QED) is 0.728. The summed E-state index contributed by atoms with van der Waals surface area (Å²) in [5.41, 5.74) is 0. The van der Waals surface area contributed by atoms with Crippen LogP contribution in [0.5, 0.6) is 11.6 Å². The number of carbonyl (C=O) groups excluding carboxylic acids is 2. The lowest BCUT2D eigenvalue weighted by Crippen LogP contribution is -2.31. The second kappa shape index (κ2) is 6.48. The van der Waals surface area contributed by atoms with Crippen LogP contribution in [0.3, 0.4) is 0 Å². The molecule has 2 aromatic carbocycles. The first-order valence-corrected chi connectivity index (χ1v) is 8.44. The van der Waals surface area contributed by atoms with Crippen molar-refractivity contribution in [2.24, 2.45) is 0 Å². The summed E-state index contributed by atoms with van der Waals surface area (Å²) in [4.78, 5) is 29.8. The molecule has 3 amide bonds. The van der Waals surface area contributed by atoms with Crippen LogP contribution in [0.25, 0.3) is 10.8 Å². The molecule has 1 fully saturated rings. The lowest BCUT2D eigenvalue weighted by molar-refractivity contribution is -0.118. The Bertz CT molecular complexity index is 1000. The lowest BCUT2D eigenvalue weighted by Gasteiger charge is -2.13. The van der Waals surface area contributed by atoms with Crippen molar-refractivity contribution < 1.29 is 14.3 Å². The van der Waals surface area contributed by atoms with Crippen LogP contribution in [0.2, 0.25) is 0 Å². The topological polar surface area (TPSA) is 71.5 Å². The minimum atomic E-state index is -0.505. The van der Waals surface area contributed by atoms with E-state index in [0.29, 0.717) is 18.1 Å². The number of rotatable bonds is 4. The summed E-state index contributed by atoms with van der Waals surface area (Å²) in [6.45, 7) is 1.85. The van der Waals surface area contributed by atoms with E-state index < -0.39 is 12.1 Å². The van der Waals surface area contributed by atoms with Gasteiger partial charge in [0.15, 0.2) is 0 Å². The Hall–Kier alpha value is -3.41.